The fourth-order valence-corrected chi connectivity index (χ4v) is 7.83. The molecule has 390 valence electrons. The van der Waals surface area contributed by atoms with Crippen LogP contribution >= 0.6 is 0 Å². The number of nitrogens with zero attached hydrogens (tertiary/aromatic N) is 3. The number of methoxy groups -OCH3 is 1. The Hall–Kier alpha value is -2.57. The van der Waals surface area contributed by atoms with Crippen molar-refractivity contribution in [3.8, 4) is 0 Å². The fourth-order valence-electron chi connectivity index (χ4n) is 7.83. The van der Waals surface area contributed by atoms with Crippen molar-refractivity contribution >= 4 is 23.7 Å². The van der Waals surface area contributed by atoms with Gasteiger partial charge in [-0.15, -0.1) is 0 Å². The van der Waals surface area contributed by atoms with E-state index >= 15 is 0 Å². The zero-order valence-electron chi connectivity index (χ0n) is 38.6. The molecule has 4 aliphatic heterocycles. The van der Waals surface area contributed by atoms with Crippen LogP contribution in [0.2, 0.25) is 0 Å². The number of ether oxygens (including phenoxy) is 11. The molecule has 20 unspecified atom stereocenters. The van der Waals surface area contributed by atoms with Crippen molar-refractivity contribution in [3.63, 3.8) is 0 Å². The zero-order chi connectivity index (χ0) is 50.2. The van der Waals surface area contributed by atoms with Gasteiger partial charge in [-0.1, -0.05) is 5.11 Å². The molecule has 31 heteroatoms. The summed E-state index contributed by atoms with van der Waals surface area (Å²) in [4.78, 5) is 53.2. The predicted octanol–water partition coefficient (Wildman–Crippen LogP) is -11.5. The van der Waals surface area contributed by atoms with E-state index < -0.39 is 159 Å². The monoisotopic (exact) mass is 1010 g/mol. The number of carboxylic acids is 1. The first kappa shape index (κ1) is 60.7. The van der Waals surface area contributed by atoms with E-state index in [9.17, 15) is 65.1 Å². The van der Waals surface area contributed by atoms with E-state index in [-0.39, 0.29) is 82.3 Å². The molecule has 4 aliphatic rings. The average molecular weight is 1010 g/mol. The minimum absolute atomic E-state index is 0. The van der Waals surface area contributed by atoms with Gasteiger partial charge in [0.05, 0.1) is 71.0 Å². The molecule has 0 radical (unpaired) electrons. The van der Waals surface area contributed by atoms with Crippen LogP contribution in [-0.4, -0.2) is 260 Å². The molecule has 0 aromatic rings. The van der Waals surface area contributed by atoms with Crippen molar-refractivity contribution in [2.75, 3.05) is 73.1 Å². The van der Waals surface area contributed by atoms with Gasteiger partial charge in [0.25, 0.3) is 5.91 Å². The van der Waals surface area contributed by atoms with Gasteiger partial charge < -0.3 is 119 Å². The smallest absolute Gasteiger partial charge is 0.547 e. The molecule has 4 heterocycles. The minimum atomic E-state index is -2.35. The zero-order valence-corrected chi connectivity index (χ0v) is 40.6. The molecule has 20 atom stereocenters. The topological polar surface area (TPSA) is 440 Å². The van der Waals surface area contributed by atoms with E-state index in [0.717, 1.165) is 21.0 Å². The van der Waals surface area contributed by atoms with E-state index in [4.69, 9.17) is 57.6 Å². The first-order chi connectivity index (χ1) is 32.4. The number of aliphatic hydroxyl groups excluding tert-OH is 8. The Morgan fingerprint density at radius 2 is 1.12 bits per heavy atom. The fraction of sp³-hybridized carbons (Fsp3) is 0.895. The van der Waals surface area contributed by atoms with Gasteiger partial charge in [0.15, 0.2) is 25.0 Å². The molecule has 0 aromatic carbocycles. The first-order valence-electron chi connectivity index (χ1n) is 21.6. The summed E-state index contributed by atoms with van der Waals surface area (Å²) in [6, 6.07) is -2.92. The minimum Gasteiger partial charge on any atom is -0.547 e. The number of azide groups is 1. The van der Waals surface area contributed by atoms with E-state index in [2.05, 4.69) is 26.0 Å². The number of carbonyl (C=O) groups excluding carboxylic acids is 4. The molecule has 4 fully saturated rings. The first-order valence-corrected chi connectivity index (χ1v) is 21.6. The van der Waals surface area contributed by atoms with Crippen LogP contribution in [0.4, 0.5) is 0 Å². The number of hydrogen-bond donors (Lipinski definition) is 11. The molecule has 0 bridgehead atoms. The van der Waals surface area contributed by atoms with Gasteiger partial charge in [-0.2, -0.15) is 0 Å². The van der Waals surface area contributed by atoms with Gasteiger partial charge in [-0.25, -0.2) is 0 Å². The largest absolute Gasteiger partial charge is 1.00 e. The Morgan fingerprint density at radius 1 is 0.638 bits per heavy atom. The molecule has 11 N–H and O–H groups in total. The predicted molar refractivity (Wildman–Crippen MR) is 216 cm³/mol. The van der Waals surface area contributed by atoms with E-state index in [1.165, 1.54) is 6.92 Å². The summed E-state index contributed by atoms with van der Waals surface area (Å²) in [5.74, 6) is -4.36. The Kier molecular flexibility index (Phi) is 26.3. The van der Waals surface area contributed by atoms with Gasteiger partial charge in [-0.05, 0) is 12.5 Å². The number of amides is 3. The maximum Gasteiger partial charge on any atom is 1.00 e. The van der Waals surface area contributed by atoms with E-state index in [0.29, 0.717) is 0 Å². The van der Waals surface area contributed by atoms with Crippen LogP contribution in [0.15, 0.2) is 5.11 Å². The third-order valence-corrected chi connectivity index (χ3v) is 11.2. The molecule has 30 nitrogen and oxygen atoms in total. The van der Waals surface area contributed by atoms with E-state index in [1.807, 2.05) is 0 Å². The van der Waals surface area contributed by atoms with Crippen LogP contribution in [0, 0.1) is 0 Å². The second-order valence-corrected chi connectivity index (χ2v) is 15.9. The third-order valence-electron chi connectivity index (χ3n) is 11.2. The van der Waals surface area contributed by atoms with Crippen LogP contribution in [0.5, 0.6) is 0 Å². The van der Waals surface area contributed by atoms with Crippen LogP contribution in [-0.2, 0) is 71.3 Å². The van der Waals surface area contributed by atoms with Crippen LogP contribution in [0.3, 0.4) is 0 Å². The second kappa shape index (κ2) is 29.8. The van der Waals surface area contributed by atoms with Gasteiger partial charge in [0.2, 0.25) is 11.8 Å². The molecular weight excluding hydrogens is 947 g/mol. The molecule has 0 aliphatic carbocycles. The average Bonchev–Trinajstić information content (AvgIpc) is 3.29. The summed E-state index contributed by atoms with van der Waals surface area (Å²) >= 11 is 0. The molecule has 4 saturated heterocycles. The maximum absolute atomic E-state index is 13.4. The number of hydrogen-bond acceptors (Lipinski definition) is 25. The van der Waals surface area contributed by atoms with Crippen molar-refractivity contribution in [3.05, 3.63) is 10.4 Å². The Morgan fingerprint density at radius 3 is 1.64 bits per heavy atom. The number of carbonyl (C=O) groups is 4. The van der Waals surface area contributed by atoms with Gasteiger partial charge in [0.1, 0.15) is 85.4 Å². The summed E-state index contributed by atoms with van der Waals surface area (Å²) in [6.45, 7) is 3.12. The van der Waals surface area contributed by atoms with Crippen molar-refractivity contribution in [1.29, 1.82) is 0 Å². The van der Waals surface area contributed by atoms with Crippen molar-refractivity contribution in [2.45, 2.75) is 143 Å². The van der Waals surface area contributed by atoms with Crippen molar-refractivity contribution in [1.82, 2.24) is 16.0 Å². The summed E-state index contributed by atoms with van der Waals surface area (Å²) in [7, 11) is 1.13. The van der Waals surface area contributed by atoms with E-state index in [1.54, 1.807) is 0 Å². The van der Waals surface area contributed by atoms with Crippen LogP contribution in [0.25, 0.3) is 10.4 Å². The van der Waals surface area contributed by atoms with Crippen molar-refractivity contribution in [2.24, 2.45) is 5.11 Å². The molecular formula is C38H63N6NaO24. The number of rotatable bonds is 25. The van der Waals surface area contributed by atoms with Gasteiger partial charge in [-0.3, -0.25) is 14.4 Å². The third kappa shape index (κ3) is 16.5. The molecule has 0 aromatic heterocycles. The van der Waals surface area contributed by atoms with Gasteiger partial charge >= 0.3 is 29.6 Å². The number of aliphatic carboxylic acids is 1. The number of nitrogens with one attached hydrogen (secondary N) is 3. The molecule has 69 heavy (non-hydrogen) atoms. The summed E-state index contributed by atoms with van der Waals surface area (Å²) in [5, 5.41) is 111. The standard InChI is InChI=1S/C38H64N6O24.Na/c1-15-20(42-16(2)47)28(22(49)18(13-45)62-15)64-38-27(54)25(52)31(33(68-38)35(56)57)66-36-21(43-17(3)48)29(23(50)19(14-46)63-36)65-37-26(53)24(51)30(58-4)32(67-37)34(55)40-5-7-59-9-11-61-12-10-60-8-6-41-44-39;/h15,18-33,36-38,45-46,49-54H,5-14H2,1-4H3,(H,40,55)(H,42,47)(H,43,48)(H,56,57);/q;+1/p-1. The van der Waals surface area contributed by atoms with Gasteiger partial charge in [0, 0.05) is 39.0 Å². The maximum atomic E-state index is 13.4. The molecule has 0 spiro atoms. The molecule has 3 amide bonds. The normalized spacial score (nSPS) is 37.9. The summed E-state index contributed by atoms with van der Waals surface area (Å²) in [5.41, 5.74) is 8.25. The molecule has 4 rings (SSSR count). The number of carboxylic acid groups (broad SMARTS) is 1. The summed E-state index contributed by atoms with van der Waals surface area (Å²) in [6.07, 6.45) is -33.1. The SMILES string of the molecule is COC1C(C(=O)NCCOCCOCCOCCN=[N+]=[N-])OC(OC2C(O)C(CO)OC(OC3C(C(=O)[O-])OC(OC4C(O)C(CO)OC(C)C4NC(C)=O)C(O)C3O)C2NC(C)=O)C(O)C1O.[Na+]. The Balaban J connectivity index is 0.0000126. The van der Waals surface area contributed by atoms with Crippen LogP contribution < -0.4 is 50.6 Å². The Labute approximate surface area is 416 Å². The number of aliphatic hydroxyl groups is 8. The molecule has 0 saturated carbocycles. The van der Waals surface area contributed by atoms with Crippen molar-refractivity contribution < 1.29 is 147 Å². The Bertz CT molecular complexity index is 1660. The van der Waals surface area contributed by atoms with Crippen LogP contribution in [0.1, 0.15) is 20.8 Å². The second-order valence-electron chi connectivity index (χ2n) is 15.9. The quantitative estimate of drug-likeness (QED) is 0.0133. The summed E-state index contributed by atoms with van der Waals surface area (Å²) < 4.78 is 61.4.